The first-order valence-corrected chi connectivity index (χ1v) is 5.20. The molecule has 9 heteroatoms. The van der Waals surface area contributed by atoms with Gasteiger partial charge in [0.15, 0.2) is 11.5 Å². The Morgan fingerprint density at radius 2 is 2.39 bits per heavy atom. The van der Waals surface area contributed by atoms with Gasteiger partial charge in [-0.3, -0.25) is 10.1 Å². The summed E-state index contributed by atoms with van der Waals surface area (Å²) in [5.74, 6) is 0.348. The highest BCUT2D eigenvalue weighted by Gasteiger charge is 2.27. The van der Waals surface area contributed by atoms with Crippen LogP contribution in [0.5, 0.6) is 0 Å². The van der Waals surface area contributed by atoms with E-state index in [0.717, 1.165) is 0 Å². The summed E-state index contributed by atoms with van der Waals surface area (Å²) < 4.78 is 6.03. The van der Waals surface area contributed by atoms with E-state index >= 15 is 0 Å². The number of nitro groups is 1. The molecular formula is C9H8ClN5O3. The van der Waals surface area contributed by atoms with E-state index in [1.807, 2.05) is 0 Å². The molecule has 8 nitrogen and oxygen atoms in total. The quantitative estimate of drug-likeness (QED) is 0.614. The van der Waals surface area contributed by atoms with Crippen molar-refractivity contribution in [2.24, 2.45) is 0 Å². The van der Waals surface area contributed by atoms with Gasteiger partial charge in [0.05, 0.1) is 11.5 Å². The third-order valence-corrected chi connectivity index (χ3v) is 2.46. The average molecular weight is 270 g/mol. The summed E-state index contributed by atoms with van der Waals surface area (Å²) in [5.41, 5.74) is -0.136. The smallest absolute Gasteiger partial charge is 0.331 e. The van der Waals surface area contributed by atoms with Gasteiger partial charge in [-0.15, -0.1) is 0 Å². The zero-order valence-electron chi connectivity index (χ0n) is 9.28. The lowest BCUT2D eigenvalue weighted by molar-refractivity contribution is -0.385. The number of halogens is 1. The second-order valence-corrected chi connectivity index (χ2v) is 3.61. The normalized spacial score (nSPS) is 10.6. The van der Waals surface area contributed by atoms with Gasteiger partial charge in [-0.05, 0) is 0 Å². The van der Waals surface area contributed by atoms with E-state index in [4.69, 9.17) is 16.3 Å². The number of rotatable bonds is 4. The maximum Gasteiger partial charge on any atom is 0.331 e. The van der Waals surface area contributed by atoms with Crippen molar-refractivity contribution in [2.45, 2.75) is 6.61 Å². The third-order valence-electron chi connectivity index (χ3n) is 2.12. The molecule has 94 valence electrons. The second kappa shape index (κ2) is 5.07. The molecule has 0 aromatic carbocycles. The van der Waals surface area contributed by atoms with Crippen LogP contribution in [0.25, 0.3) is 5.82 Å². The van der Waals surface area contributed by atoms with E-state index in [2.05, 4.69) is 15.1 Å². The van der Waals surface area contributed by atoms with E-state index < -0.39 is 4.92 Å². The highest BCUT2D eigenvalue weighted by atomic mass is 35.5. The van der Waals surface area contributed by atoms with E-state index in [0.29, 0.717) is 5.82 Å². The number of aromatic nitrogens is 4. The lowest BCUT2D eigenvalue weighted by Crippen LogP contribution is -2.00. The zero-order valence-corrected chi connectivity index (χ0v) is 10.0. The Labute approximate surface area is 106 Å². The molecule has 0 aliphatic carbocycles. The highest BCUT2D eigenvalue weighted by Crippen LogP contribution is 2.30. The SMILES string of the molecule is COCc1nn(-c2ccncn2)c(Cl)c1[N+](=O)[O-]. The van der Waals surface area contributed by atoms with Crippen LogP contribution in [0, 0.1) is 10.1 Å². The number of methoxy groups -OCH3 is 1. The summed E-state index contributed by atoms with van der Waals surface area (Å²) in [5, 5.41) is 14.8. The van der Waals surface area contributed by atoms with E-state index in [1.54, 1.807) is 6.07 Å². The largest absolute Gasteiger partial charge is 0.378 e. The summed E-state index contributed by atoms with van der Waals surface area (Å²) in [6.07, 6.45) is 2.79. The van der Waals surface area contributed by atoms with Crippen LogP contribution in [0.4, 0.5) is 5.69 Å². The lowest BCUT2D eigenvalue weighted by atomic mass is 10.4. The monoisotopic (exact) mass is 269 g/mol. The summed E-state index contributed by atoms with van der Waals surface area (Å²) >= 11 is 5.94. The summed E-state index contributed by atoms with van der Waals surface area (Å²) in [6.45, 7) is -0.00584. The molecule has 2 aromatic rings. The molecule has 2 aromatic heterocycles. The van der Waals surface area contributed by atoms with Gasteiger partial charge in [0.2, 0.25) is 5.15 Å². The van der Waals surface area contributed by atoms with Gasteiger partial charge < -0.3 is 4.74 Å². The number of ether oxygens (including phenoxy) is 1. The van der Waals surface area contributed by atoms with Crippen molar-refractivity contribution in [3.63, 3.8) is 0 Å². The lowest BCUT2D eigenvalue weighted by Gasteiger charge is -1.98. The van der Waals surface area contributed by atoms with Crippen LogP contribution in [0.1, 0.15) is 5.69 Å². The molecule has 0 amide bonds. The summed E-state index contributed by atoms with van der Waals surface area (Å²) in [7, 11) is 1.42. The molecular weight excluding hydrogens is 262 g/mol. The molecule has 2 heterocycles. The fourth-order valence-electron chi connectivity index (χ4n) is 1.41. The first kappa shape index (κ1) is 12.4. The van der Waals surface area contributed by atoms with Gasteiger partial charge in [0.1, 0.15) is 6.33 Å². The van der Waals surface area contributed by atoms with Gasteiger partial charge >= 0.3 is 5.69 Å². The Balaban J connectivity index is 2.57. The molecule has 18 heavy (non-hydrogen) atoms. The maximum absolute atomic E-state index is 10.9. The Morgan fingerprint density at radius 1 is 1.61 bits per heavy atom. The summed E-state index contributed by atoms with van der Waals surface area (Å²) in [6, 6.07) is 1.54. The predicted octanol–water partition coefficient (Wildman–Crippen LogP) is 1.37. The predicted molar refractivity (Wildman–Crippen MR) is 61.5 cm³/mol. The van der Waals surface area contributed by atoms with Crippen molar-refractivity contribution >= 4 is 17.3 Å². The van der Waals surface area contributed by atoms with E-state index in [1.165, 1.54) is 24.3 Å². The second-order valence-electron chi connectivity index (χ2n) is 3.26. The number of nitrogens with zero attached hydrogens (tertiary/aromatic N) is 5. The van der Waals surface area contributed by atoms with Crippen molar-refractivity contribution in [2.75, 3.05) is 7.11 Å². The molecule has 0 atom stereocenters. The minimum absolute atomic E-state index is 0.00584. The molecule has 0 saturated carbocycles. The fourth-order valence-corrected chi connectivity index (χ4v) is 1.71. The van der Waals surface area contributed by atoms with Crippen LogP contribution in [0.15, 0.2) is 18.6 Å². The van der Waals surface area contributed by atoms with Crippen molar-refractivity contribution in [3.05, 3.63) is 39.6 Å². The zero-order chi connectivity index (χ0) is 13.1. The first-order chi connectivity index (χ1) is 8.65. The fraction of sp³-hybridized carbons (Fsp3) is 0.222. The minimum atomic E-state index is -0.596. The number of hydrogen-bond donors (Lipinski definition) is 0. The molecule has 0 aliphatic rings. The van der Waals surface area contributed by atoms with Gasteiger partial charge in [-0.25, -0.2) is 9.97 Å². The minimum Gasteiger partial charge on any atom is -0.378 e. The molecule has 0 saturated heterocycles. The molecule has 0 unspecified atom stereocenters. The van der Waals surface area contributed by atoms with Crippen LogP contribution in [0.3, 0.4) is 0 Å². The van der Waals surface area contributed by atoms with Crippen LogP contribution >= 0.6 is 11.6 Å². The van der Waals surface area contributed by atoms with Gasteiger partial charge in [-0.1, -0.05) is 11.6 Å². The molecule has 0 bridgehead atoms. The van der Waals surface area contributed by atoms with Crippen LogP contribution in [-0.4, -0.2) is 31.8 Å². The summed E-state index contributed by atoms with van der Waals surface area (Å²) in [4.78, 5) is 18.0. The van der Waals surface area contributed by atoms with Gasteiger partial charge in [0, 0.05) is 19.4 Å². The Bertz CT molecular complexity index is 571. The standard InChI is InChI=1S/C9H8ClN5O3/c1-18-4-6-8(15(16)17)9(10)14(13-6)7-2-3-11-5-12-7/h2-3,5H,4H2,1H3. The van der Waals surface area contributed by atoms with Crippen LogP contribution < -0.4 is 0 Å². The molecule has 2 rings (SSSR count). The average Bonchev–Trinajstić information content (AvgIpc) is 2.68. The van der Waals surface area contributed by atoms with Crippen molar-refractivity contribution in [3.8, 4) is 5.82 Å². The Hall–Kier alpha value is -2.06. The third kappa shape index (κ3) is 2.15. The Morgan fingerprint density at radius 3 is 2.94 bits per heavy atom. The molecule has 0 fully saturated rings. The topological polar surface area (TPSA) is 96.0 Å². The Kier molecular flexibility index (Phi) is 3.49. The highest BCUT2D eigenvalue weighted by molar-refractivity contribution is 6.32. The van der Waals surface area contributed by atoms with Crippen molar-refractivity contribution in [1.29, 1.82) is 0 Å². The van der Waals surface area contributed by atoms with E-state index in [9.17, 15) is 10.1 Å². The molecule has 0 N–H and O–H groups in total. The van der Waals surface area contributed by atoms with Crippen LogP contribution in [-0.2, 0) is 11.3 Å². The first-order valence-electron chi connectivity index (χ1n) is 4.82. The van der Waals surface area contributed by atoms with Crippen molar-refractivity contribution < 1.29 is 9.66 Å². The van der Waals surface area contributed by atoms with E-state index in [-0.39, 0.29) is 23.1 Å². The molecule has 0 aliphatic heterocycles. The maximum atomic E-state index is 10.9. The van der Waals surface area contributed by atoms with Crippen LogP contribution in [0.2, 0.25) is 5.15 Å². The van der Waals surface area contributed by atoms with Gasteiger partial charge in [0.25, 0.3) is 0 Å². The molecule has 0 radical (unpaired) electrons. The number of hydrogen-bond acceptors (Lipinski definition) is 6. The van der Waals surface area contributed by atoms with Crippen molar-refractivity contribution in [1.82, 2.24) is 19.7 Å². The van der Waals surface area contributed by atoms with Gasteiger partial charge in [-0.2, -0.15) is 9.78 Å². The molecule has 0 spiro atoms.